The summed E-state index contributed by atoms with van der Waals surface area (Å²) >= 11 is 0. The van der Waals surface area contributed by atoms with E-state index in [2.05, 4.69) is 38.1 Å². The van der Waals surface area contributed by atoms with E-state index in [4.69, 9.17) is 0 Å². The van der Waals surface area contributed by atoms with Gasteiger partial charge in [-0.3, -0.25) is 29.3 Å². The smallest absolute Gasteiger partial charge is 0.270 e. The summed E-state index contributed by atoms with van der Waals surface area (Å²) in [7, 11) is 1.71. The molecule has 0 bridgehead atoms. The van der Waals surface area contributed by atoms with E-state index in [9.17, 15) is 19.5 Å². The van der Waals surface area contributed by atoms with Crippen LogP contribution in [0.1, 0.15) is 66.2 Å². The maximum absolute atomic E-state index is 13.7. The Bertz CT molecular complexity index is 1450. The van der Waals surface area contributed by atoms with Crippen LogP contribution in [0.3, 0.4) is 0 Å². The lowest BCUT2D eigenvalue weighted by atomic mass is 9.97. The molecule has 3 atom stereocenters. The number of hydrogen-bond acceptors (Lipinski definition) is 7. The van der Waals surface area contributed by atoms with Crippen molar-refractivity contribution < 1.29 is 19.5 Å². The average Bonchev–Trinajstić information content (AvgIpc) is 3.79. The van der Waals surface area contributed by atoms with Crippen LogP contribution in [0.2, 0.25) is 0 Å². The topological polar surface area (TPSA) is 132 Å². The van der Waals surface area contributed by atoms with Gasteiger partial charge in [-0.05, 0) is 54.4 Å². The molecule has 1 aromatic heterocycles. The first kappa shape index (κ1) is 34.3. The highest BCUT2D eigenvalue weighted by molar-refractivity contribution is 5.96. The standard InChI is InChI=1S/C36H49N7O4/c1-3-32(44)39-30(36(47)43-21-19-42(20-22-43)25-28-9-5-4-6-10-28)23-26-13-15-27(16-14-26)24-37-35(46)33(29-11-7-8-12-29)40-34(45)31-17-18-38-41(31)2/h4-6,9-10,13-18,29-30,32-33,39,44H,3,7-8,11-12,19-25H2,1-2H3,(H,37,46)(H,40,45)/t30-,32?,33+/m1/s1. The molecule has 4 N–H and O–H groups in total. The molecule has 1 unspecified atom stereocenters. The van der Waals surface area contributed by atoms with Crippen molar-refractivity contribution >= 4 is 17.7 Å². The number of aryl methyl sites for hydroxylation is 1. The minimum Gasteiger partial charge on any atom is -0.379 e. The molecular formula is C36H49N7O4. The Hall–Kier alpha value is -4.06. The summed E-state index contributed by atoms with van der Waals surface area (Å²) in [5.41, 5.74) is 3.56. The zero-order valence-corrected chi connectivity index (χ0v) is 27.6. The fraction of sp³-hybridized carbons (Fsp3) is 0.500. The van der Waals surface area contributed by atoms with Crippen molar-refractivity contribution in [3.05, 3.63) is 89.2 Å². The van der Waals surface area contributed by atoms with Crippen molar-refractivity contribution in [2.24, 2.45) is 13.0 Å². The summed E-state index contributed by atoms with van der Waals surface area (Å²) in [6.45, 7) is 5.98. The molecule has 1 aliphatic carbocycles. The van der Waals surface area contributed by atoms with Crippen molar-refractivity contribution in [1.29, 1.82) is 0 Å². The molecule has 0 radical (unpaired) electrons. The van der Waals surface area contributed by atoms with Gasteiger partial charge in [-0.1, -0.05) is 74.4 Å². The van der Waals surface area contributed by atoms with Gasteiger partial charge in [0.1, 0.15) is 18.0 Å². The zero-order valence-electron chi connectivity index (χ0n) is 27.6. The maximum Gasteiger partial charge on any atom is 0.270 e. The van der Waals surface area contributed by atoms with Crippen LogP contribution in [0.4, 0.5) is 0 Å². The number of rotatable bonds is 14. The van der Waals surface area contributed by atoms with E-state index in [1.54, 1.807) is 19.3 Å². The Labute approximate surface area is 277 Å². The second-order valence-corrected chi connectivity index (χ2v) is 12.8. The molecule has 47 heavy (non-hydrogen) atoms. The van der Waals surface area contributed by atoms with Crippen LogP contribution in [0.5, 0.6) is 0 Å². The highest BCUT2D eigenvalue weighted by atomic mass is 16.3. The molecule has 0 spiro atoms. The average molecular weight is 644 g/mol. The summed E-state index contributed by atoms with van der Waals surface area (Å²) in [6.07, 6.45) is 5.64. The highest BCUT2D eigenvalue weighted by Gasteiger charge is 2.33. The van der Waals surface area contributed by atoms with Crippen LogP contribution >= 0.6 is 0 Å². The van der Waals surface area contributed by atoms with E-state index in [0.717, 1.165) is 56.4 Å². The Morgan fingerprint density at radius 2 is 1.60 bits per heavy atom. The van der Waals surface area contributed by atoms with E-state index < -0.39 is 18.3 Å². The number of aliphatic hydroxyl groups is 1. The largest absolute Gasteiger partial charge is 0.379 e. The molecule has 2 aromatic carbocycles. The van der Waals surface area contributed by atoms with Crippen LogP contribution in [0, 0.1) is 5.92 Å². The maximum atomic E-state index is 13.7. The molecular weight excluding hydrogens is 594 g/mol. The normalized spacial score (nSPS) is 17.6. The number of aromatic nitrogens is 2. The second kappa shape index (κ2) is 16.7. The molecule has 2 aliphatic rings. The highest BCUT2D eigenvalue weighted by Crippen LogP contribution is 2.28. The molecule has 2 heterocycles. The fourth-order valence-electron chi connectivity index (χ4n) is 6.58. The fourth-order valence-corrected chi connectivity index (χ4v) is 6.58. The quantitative estimate of drug-likeness (QED) is 0.199. The second-order valence-electron chi connectivity index (χ2n) is 12.8. The predicted molar refractivity (Wildman–Crippen MR) is 180 cm³/mol. The van der Waals surface area contributed by atoms with Crippen molar-refractivity contribution in [2.45, 2.75) is 76.8 Å². The number of amides is 3. The lowest BCUT2D eigenvalue weighted by Crippen LogP contribution is -2.56. The van der Waals surface area contributed by atoms with Gasteiger partial charge >= 0.3 is 0 Å². The number of nitrogens with one attached hydrogen (secondary N) is 3. The molecule has 2 fully saturated rings. The summed E-state index contributed by atoms with van der Waals surface area (Å²) in [5.74, 6) is -0.397. The first-order valence-corrected chi connectivity index (χ1v) is 16.9. The number of carbonyl (C=O) groups is 3. The number of aliphatic hydroxyl groups excluding tert-OH is 1. The first-order chi connectivity index (χ1) is 22.8. The molecule has 5 rings (SSSR count). The predicted octanol–water partition coefficient (Wildman–Crippen LogP) is 2.60. The van der Waals surface area contributed by atoms with Crippen LogP contribution < -0.4 is 16.0 Å². The van der Waals surface area contributed by atoms with Crippen molar-refractivity contribution in [3.8, 4) is 0 Å². The lowest BCUT2D eigenvalue weighted by Gasteiger charge is -2.37. The molecule has 1 saturated carbocycles. The zero-order chi connectivity index (χ0) is 33.2. The summed E-state index contributed by atoms with van der Waals surface area (Å²) in [4.78, 5) is 44.2. The molecule has 1 aliphatic heterocycles. The Morgan fingerprint density at radius 1 is 0.915 bits per heavy atom. The van der Waals surface area contributed by atoms with Gasteiger partial charge in [0.25, 0.3) is 5.91 Å². The molecule has 252 valence electrons. The Morgan fingerprint density at radius 3 is 2.23 bits per heavy atom. The van der Waals surface area contributed by atoms with Gasteiger partial charge in [-0.25, -0.2) is 0 Å². The number of nitrogens with zero attached hydrogens (tertiary/aromatic N) is 4. The summed E-state index contributed by atoms with van der Waals surface area (Å²) < 4.78 is 1.50. The number of benzene rings is 2. The molecule has 11 nitrogen and oxygen atoms in total. The first-order valence-electron chi connectivity index (χ1n) is 16.9. The SMILES string of the molecule is CCC(O)N[C@H](Cc1ccc(CNC(=O)[C@@H](NC(=O)c2ccnn2C)C2CCCC2)cc1)C(=O)N1CCN(Cc2ccccc2)CC1. The van der Waals surface area contributed by atoms with Crippen molar-refractivity contribution in [3.63, 3.8) is 0 Å². The molecule has 11 heteroatoms. The van der Waals surface area contributed by atoms with E-state index in [1.165, 1.54) is 10.2 Å². The van der Waals surface area contributed by atoms with Crippen LogP contribution in [-0.4, -0.2) is 86.9 Å². The minimum atomic E-state index is -0.774. The number of hydrogen-bond donors (Lipinski definition) is 4. The molecule has 1 saturated heterocycles. The van der Waals surface area contributed by atoms with Crippen LogP contribution in [-0.2, 0) is 36.1 Å². The third kappa shape index (κ3) is 9.50. The lowest BCUT2D eigenvalue weighted by molar-refractivity contribution is -0.136. The Balaban J connectivity index is 1.15. The number of carbonyl (C=O) groups excluding carboxylic acids is 3. The third-order valence-electron chi connectivity index (χ3n) is 9.43. The molecule has 3 aromatic rings. The van der Waals surface area contributed by atoms with Crippen LogP contribution in [0.25, 0.3) is 0 Å². The van der Waals surface area contributed by atoms with E-state index in [0.29, 0.717) is 38.2 Å². The van der Waals surface area contributed by atoms with Crippen molar-refractivity contribution in [1.82, 2.24) is 35.5 Å². The van der Waals surface area contributed by atoms with E-state index in [-0.39, 0.29) is 23.6 Å². The van der Waals surface area contributed by atoms with Gasteiger partial charge in [0.2, 0.25) is 11.8 Å². The Kier molecular flexibility index (Phi) is 12.2. The monoisotopic (exact) mass is 643 g/mol. The third-order valence-corrected chi connectivity index (χ3v) is 9.43. The van der Waals surface area contributed by atoms with E-state index in [1.807, 2.05) is 54.3 Å². The van der Waals surface area contributed by atoms with Gasteiger partial charge in [0.05, 0.1) is 6.04 Å². The minimum absolute atomic E-state index is 0.000624. The summed E-state index contributed by atoms with van der Waals surface area (Å²) in [5, 5.41) is 23.6. The summed E-state index contributed by atoms with van der Waals surface area (Å²) in [6, 6.07) is 18.7. The van der Waals surface area contributed by atoms with Crippen LogP contribution in [0.15, 0.2) is 66.9 Å². The van der Waals surface area contributed by atoms with Crippen molar-refractivity contribution in [2.75, 3.05) is 26.2 Å². The number of piperazine rings is 1. The van der Waals surface area contributed by atoms with Gasteiger partial charge in [-0.15, -0.1) is 0 Å². The van der Waals surface area contributed by atoms with E-state index >= 15 is 0 Å². The molecule has 3 amide bonds. The van der Waals surface area contributed by atoms with Gasteiger partial charge in [0, 0.05) is 52.5 Å². The van der Waals surface area contributed by atoms with Gasteiger partial charge in [0.15, 0.2) is 0 Å². The van der Waals surface area contributed by atoms with Gasteiger partial charge < -0.3 is 20.6 Å². The van der Waals surface area contributed by atoms with Gasteiger partial charge in [-0.2, -0.15) is 5.10 Å².